The molecule has 0 spiro atoms. The molecule has 0 N–H and O–H groups in total. The molecule has 0 amide bonds. The average Bonchev–Trinajstić information content (AvgIpc) is 2.39. The molecule has 0 radical (unpaired) electrons. The van der Waals surface area contributed by atoms with E-state index in [-0.39, 0.29) is 0 Å². The van der Waals surface area contributed by atoms with Gasteiger partial charge in [-0.15, -0.1) is 0 Å². The first kappa shape index (κ1) is 13.7. The van der Waals surface area contributed by atoms with Gasteiger partial charge in [0.15, 0.2) is 0 Å². The Kier molecular flexibility index (Phi) is 4.32. The van der Waals surface area contributed by atoms with Gasteiger partial charge in [0, 0.05) is 0 Å². The number of hydrogen-bond donors (Lipinski definition) is 0. The molecule has 0 aliphatic rings. The van der Waals surface area contributed by atoms with Crippen molar-refractivity contribution < 1.29 is 4.79 Å². The van der Waals surface area contributed by atoms with Gasteiger partial charge in [0.1, 0.15) is 5.94 Å². The van der Waals surface area contributed by atoms with Gasteiger partial charge < -0.3 is 0 Å². The van der Waals surface area contributed by atoms with E-state index in [2.05, 4.69) is 38.8 Å². The summed E-state index contributed by atoms with van der Waals surface area (Å²) in [6.07, 6.45) is 0. The SMILES string of the molecule is Cc1cc(C)c(PC(=C=O)c2ccccc2)c(C)c1. The van der Waals surface area contributed by atoms with Gasteiger partial charge in [0.2, 0.25) is 0 Å². The Morgan fingerprint density at radius 2 is 1.58 bits per heavy atom. The van der Waals surface area contributed by atoms with Gasteiger partial charge in [-0.2, -0.15) is 0 Å². The molecule has 96 valence electrons. The number of rotatable bonds is 3. The van der Waals surface area contributed by atoms with Crippen molar-refractivity contribution in [2.45, 2.75) is 20.8 Å². The standard InChI is InChI=1S/C17H17OP/c1-12-9-13(2)17(14(3)10-12)19-16(11-18)15-7-5-4-6-8-15/h4-10,19H,1-3H3. The maximum absolute atomic E-state index is 11.2. The van der Waals surface area contributed by atoms with E-state index in [9.17, 15) is 4.79 Å². The Labute approximate surface area is 116 Å². The molecular formula is C17H17OP. The molecule has 2 aromatic carbocycles. The normalized spacial score (nSPS) is 10.7. The fourth-order valence-corrected chi connectivity index (χ4v) is 3.41. The van der Waals surface area contributed by atoms with Crippen molar-refractivity contribution in [3.05, 3.63) is 64.7 Å². The van der Waals surface area contributed by atoms with E-state index in [4.69, 9.17) is 0 Å². The summed E-state index contributed by atoms with van der Waals surface area (Å²) in [6.45, 7) is 6.31. The summed E-state index contributed by atoms with van der Waals surface area (Å²) < 4.78 is 0. The third kappa shape index (κ3) is 3.20. The predicted molar refractivity (Wildman–Crippen MR) is 84.1 cm³/mol. The number of benzene rings is 2. The second-order valence-electron chi connectivity index (χ2n) is 4.74. The smallest absolute Gasteiger partial charge is 0.133 e. The van der Waals surface area contributed by atoms with Crippen LogP contribution in [0.1, 0.15) is 22.3 Å². The van der Waals surface area contributed by atoms with E-state index in [0.29, 0.717) is 8.58 Å². The van der Waals surface area contributed by atoms with Gasteiger partial charge >= 0.3 is 0 Å². The first-order valence-electron chi connectivity index (χ1n) is 6.27. The highest BCUT2D eigenvalue weighted by Gasteiger charge is 2.09. The van der Waals surface area contributed by atoms with Gasteiger partial charge in [0.25, 0.3) is 0 Å². The first-order chi connectivity index (χ1) is 9.11. The van der Waals surface area contributed by atoms with E-state index in [1.807, 2.05) is 30.3 Å². The number of aryl methyl sites for hydroxylation is 3. The zero-order valence-corrected chi connectivity index (χ0v) is 12.4. The number of carbonyl (C=O) groups excluding carboxylic acids is 1. The van der Waals surface area contributed by atoms with Crippen LogP contribution in [0.4, 0.5) is 0 Å². The molecule has 0 saturated heterocycles. The molecule has 2 rings (SSSR count). The largest absolute Gasteiger partial charge is 0.233 e. The van der Waals surface area contributed by atoms with Crippen LogP contribution in [0.15, 0.2) is 42.5 Å². The maximum Gasteiger partial charge on any atom is 0.133 e. The molecule has 1 unspecified atom stereocenters. The molecule has 19 heavy (non-hydrogen) atoms. The second-order valence-corrected chi connectivity index (χ2v) is 5.99. The van der Waals surface area contributed by atoms with Crippen LogP contribution in [-0.2, 0) is 4.79 Å². The molecule has 0 bridgehead atoms. The summed E-state index contributed by atoms with van der Waals surface area (Å²) in [5.74, 6) is 2.11. The predicted octanol–water partition coefficient (Wildman–Crippen LogP) is 3.79. The molecule has 0 heterocycles. The Bertz CT molecular complexity index is 615. The molecule has 0 aliphatic carbocycles. The van der Waals surface area contributed by atoms with Crippen LogP contribution >= 0.6 is 8.58 Å². The highest BCUT2D eigenvalue weighted by molar-refractivity contribution is 7.59. The lowest BCUT2D eigenvalue weighted by atomic mass is 10.1. The van der Waals surface area contributed by atoms with Gasteiger partial charge in [-0.3, -0.25) is 0 Å². The fourth-order valence-electron chi connectivity index (χ4n) is 2.26. The van der Waals surface area contributed by atoms with Crippen molar-refractivity contribution in [1.29, 1.82) is 0 Å². The topological polar surface area (TPSA) is 17.1 Å². The molecule has 0 saturated carbocycles. The summed E-state index contributed by atoms with van der Waals surface area (Å²) in [7, 11) is 0.360. The highest BCUT2D eigenvalue weighted by Crippen LogP contribution is 2.32. The molecule has 2 aromatic rings. The lowest BCUT2D eigenvalue weighted by molar-refractivity contribution is 0.570. The van der Waals surface area contributed by atoms with E-state index >= 15 is 0 Å². The van der Waals surface area contributed by atoms with Crippen molar-refractivity contribution in [2.75, 3.05) is 0 Å². The van der Waals surface area contributed by atoms with Crippen LogP contribution in [0.25, 0.3) is 5.31 Å². The summed E-state index contributed by atoms with van der Waals surface area (Å²) in [6, 6.07) is 14.1. The molecule has 0 fully saturated rings. The van der Waals surface area contributed by atoms with Crippen LogP contribution in [-0.4, -0.2) is 5.94 Å². The van der Waals surface area contributed by atoms with Gasteiger partial charge in [0.05, 0.1) is 5.31 Å². The van der Waals surface area contributed by atoms with E-state index in [0.717, 1.165) is 10.9 Å². The van der Waals surface area contributed by atoms with Crippen molar-refractivity contribution in [3.63, 3.8) is 0 Å². The summed E-state index contributed by atoms with van der Waals surface area (Å²) in [5.41, 5.74) is 4.73. The molecule has 1 nitrogen and oxygen atoms in total. The minimum absolute atomic E-state index is 0.360. The minimum atomic E-state index is 0.360. The maximum atomic E-state index is 11.2. The first-order valence-corrected chi connectivity index (χ1v) is 7.27. The van der Waals surface area contributed by atoms with Crippen LogP contribution in [0.3, 0.4) is 0 Å². The Morgan fingerprint density at radius 1 is 1.00 bits per heavy atom. The second kappa shape index (κ2) is 5.97. The van der Waals surface area contributed by atoms with Crippen molar-refractivity contribution in [2.24, 2.45) is 0 Å². The minimum Gasteiger partial charge on any atom is -0.233 e. The Morgan fingerprint density at radius 3 is 2.11 bits per heavy atom. The molecule has 1 atom stereocenters. The molecular weight excluding hydrogens is 251 g/mol. The van der Waals surface area contributed by atoms with Crippen molar-refractivity contribution in [1.82, 2.24) is 0 Å². The monoisotopic (exact) mass is 268 g/mol. The van der Waals surface area contributed by atoms with Gasteiger partial charge in [-0.25, -0.2) is 4.79 Å². The van der Waals surface area contributed by atoms with Crippen LogP contribution in [0.5, 0.6) is 0 Å². The van der Waals surface area contributed by atoms with E-state index < -0.39 is 0 Å². The molecule has 0 aromatic heterocycles. The van der Waals surface area contributed by atoms with Crippen LogP contribution in [0, 0.1) is 20.8 Å². The van der Waals surface area contributed by atoms with E-state index in [1.165, 1.54) is 22.0 Å². The third-order valence-corrected chi connectivity index (χ3v) is 4.77. The summed E-state index contributed by atoms with van der Waals surface area (Å²) >= 11 is 0. The van der Waals surface area contributed by atoms with Crippen LogP contribution < -0.4 is 5.30 Å². The fraction of sp³-hybridized carbons (Fsp3) is 0.176. The Balaban J connectivity index is 2.38. The van der Waals surface area contributed by atoms with Crippen LogP contribution in [0.2, 0.25) is 0 Å². The third-order valence-electron chi connectivity index (χ3n) is 3.09. The lowest BCUT2D eigenvalue weighted by Gasteiger charge is -2.12. The van der Waals surface area contributed by atoms with Gasteiger partial charge in [-0.1, -0.05) is 48.0 Å². The van der Waals surface area contributed by atoms with Crippen molar-refractivity contribution in [3.8, 4) is 0 Å². The summed E-state index contributed by atoms with van der Waals surface area (Å²) in [4.78, 5) is 11.2. The zero-order valence-electron chi connectivity index (χ0n) is 11.4. The summed E-state index contributed by atoms with van der Waals surface area (Å²) in [5, 5.41) is 2.00. The Hall–Kier alpha value is -1.68. The molecule has 2 heteroatoms. The quantitative estimate of drug-likeness (QED) is 0.611. The lowest BCUT2D eigenvalue weighted by Crippen LogP contribution is -2.06. The molecule has 0 aliphatic heterocycles. The highest BCUT2D eigenvalue weighted by atomic mass is 31.1. The zero-order chi connectivity index (χ0) is 13.8. The van der Waals surface area contributed by atoms with E-state index in [1.54, 1.807) is 0 Å². The average molecular weight is 268 g/mol. The number of hydrogen-bond acceptors (Lipinski definition) is 1. The van der Waals surface area contributed by atoms with Gasteiger partial charge in [-0.05, 0) is 51.3 Å². The van der Waals surface area contributed by atoms with Crippen molar-refractivity contribution >= 4 is 25.1 Å².